The summed E-state index contributed by atoms with van der Waals surface area (Å²) in [7, 11) is 0. The second kappa shape index (κ2) is 10.2. The largest absolute Gasteiger partial charge is 0.455 e. The van der Waals surface area contributed by atoms with Gasteiger partial charge in [0.25, 0.3) is 0 Å². The highest BCUT2D eigenvalue weighted by Gasteiger charge is 2.05. The van der Waals surface area contributed by atoms with E-state index in [0.29, 0.717) is 22.9 Å². The molecule has 4 aromatic carbocycles. The van der Waals surface area contributed by atoms with Crippen LogP contribution in [0.25, 0.3) is 11.6 Å². The number of rotatable bonds is 8. The SMILES string of the molecule is C=CC/C(=C\c1ccc(Oc2ccccc2N)cc1)c1ccc(Oc2ccccc2N)cc1. The summed E-state index contributed by atoms with van der Waals surface area (Å²) in [6.45, 7) is 3.91. The van der Waals surface area contributed by atoms with Crippen molar-refractivity contribution in [3.63, 3.8) is 0 Å². The van der Waals surface area contributed by atoms with Crippen molar-refractivity contribution < 1.29 is 9.47 Å². The van der Waals surface area contributed by atoms with Gasteiger partial charge in [0.05, 0.1) is 11.4 Å². The lowest BCUT2D eigenvalue weighted by Gasteiger charge is -2.11. The molecular weight excluding hydrogens is 408 g/mol. The lowest BCUT2D eigenvalue weighted by Crippen LogP contribution is -1.92. The van der Waals surface area contributed by atoms with E-state index in [1.807, 2.05) is 103 Å². The molecule has 4 heteroatoms. The van der Waals surface area contributed by atoms with Crippen molar-refractivity contribution in [3.8, 4) is 23.0 Å². The third-order valence-electron chi connectivity index (χ3n) is 5.10. The molecule has 0 atom stereocenters. The molecule has 0 aliphatic carbocycles. The minimum atomic E-state index is 0.608. The molecule has 0 bridgehead atoms. The summed E-state index contributed by atoms with van der Waals surface area (Å²) in [6, 6.07) is 30.8. The Labute approximate surface area is 194 Å². The molecule has 0 fully saturated rings. The van der Waals surface area contributed by atoms with Gasteiger partial charge in [-0.3, -0.25) is 0 Å². The fourth-order valence-corrected chi connectivity index (χ4v) is 3.39. The number of benzene rings is 4. The van der Waals surface area contributed by atoms with E-state index >= 15 is 0 Å². The van der Waals surface area contributed by atoms with Gasteiger partial charge in [-0.2, -0.15) is 0 Å². The second-order valence-electron chi connectivity index (χ2n) is 7.54. The van der Waals surface area contributed by atoms with Crippen LogP contribution in [-0.2, 0) is 0 Å². The molecule has 4 aromatic rings. The van der Waals surface area contributed by atoms with Gasteiger partial charge >= 0.3 is 0 Å². The van der Waals surface area contributed by atoms with Crippen LogP contribution in [0.1, 0.15) is 17.5 Å². The number of nitrogen functional groups attached to an aromatic ring is 2. The number of hydrogen-bond donors (Lipinski definition) is 2. The molecule has 0 aliphatic rings. The van der Waals surface area contributed by atoms with Gasteiger partial charge in [0.2, 0.25) is 0 Å². The predicted octanol–water partition coefficient (Wildman–Crippen LogP) is 7.55. The van der Waals surface area contributed by atoms with Crippen molar-refractivity contribution in [2.45, 2.75) is 6.42 Å². The van der Waals surface area contributed by atoms with Gasteiger partial charge in [-0.15, -0.1) is 6.58 Å². The van der Waals surface area contributed by atoms with E-state index in [4.69, 9.17) is 20.9 Å². The van der Waals surface area contributed by atoms with Gasteiger partial charge < -0.3 is 20.9 Å². The van der Waals surface area contributed by atoms with E-state index in [1.54, 1.807) is 0 Å². The van der Waals surface area contributed by atoms with E-state index in [2.05, 4.69) is 12.7 Å². The van der Waals surface area contributed by atoms with Crippen LogP contribution in [0.15, 0.2) is 110 Å². The Morgan fingerprint density at radius 1 is 0.667 bits per heavy atom. The molecule has 0 aliphatic heterocycles. The molecule has 0 heterocycles. The molecule has 0 spiro atoms. The first-order chi connectivity index (χ1) is 16.1. The normalized spacial score (nSPS) is 11.1. The van der Waals surface area contributed by atoms with Crippen LogP contribution in [-0.4, -0.2) is 0 Å². The van der Waals surface area contributed by atoms with Crippen molar-refractivity contribution in [1.29, 1.82) is 0 Å². The van der Waals surface area contributed by atoms with Gasteiger partial charge in [-0.1, -0.05) is 60.7 Å². The van der Waals surface area contributed by atoms with Crippen molar-refractivity contribution in [1.82, 2.24) is 0 Å². The second-order valence-corrected chi connectivity index (χ2v) is 7.54. The Kier molecular flexibility index (Phi) is 6.76. The summed E-state index contributed by atoms with van der Waals surface area (Å²) >= 11 is 0. The standard InChI is InChI=1S/C29H26N2O2/c1-2-7-23(22-14-18-25(19-15-22)33-29-11-6-4-9-27(29)31)20-21-12-16-24(17-13-21)32-28-10-5-3-8-26(28)30/h2-6,8-20H,1,7,30-31H2/b23-20+. The molecule has 4 nitrogen and oxygen atoms in total. The lowest BCUT2D eigenvalue weighted by atomic mass is 9.99. The zero-order valence-electron chi connectivity index (χ0n) is 18.3. The highest BCUT2D eigenvalue weighted by molar-refractivity contribution is 5.82. The highest BCUT2D eigenvalue weighted by Crippen LogP contribution is 2.30. The quantitative estimate of drug-likeness (QED) is 0.171. The molecular formula is C29H26N2O2. The Morgan fingerprint density at radius 3 is 1.64 bits per heavy atom. The highest BCUT2D eigenvalue weighted by atomic mass is 16.5. The maximum atomic E-state index is 5.97. The zero-order chi connectivity index (χ0) is 23.0. The lowest BCUT2D eigenvalue weighted by molar-refractivity contribution is 0.485. The fourth-order valence-electron chi connectivity index (χ4n) is 3.39. The summed E-state index contributed by atoms with van der Waals surface area (Å²) in [5, 5.41) is 0. The summed E-state index contributed by atoms with van der Waals surface area (Å²) < 4.78 is 11.8. The Bertz CT molecular complexity index is 1260. The fraction of sp³-hybridized carbons (Fsp3) is 0.0345. The molecule has 0 amide bonds. The molecule has 33 heavy (non-hydrogen) atoms. The van der Waals surface area contributed by atoms with Crippen LogP contribution in [0.4, 0.5) is 11.4 Å². The smallest absolute Gasteiger partial charge is 0.150 e. The third-order valence-corrected chi connectivity index (χ3v) is 5.10. The minimum absolute atomic E-state index is 0.608. The van der Waals surface area contributed by atoms with Crippen LogP contribution >= 0.6 is 0 Å². The maximum absolute atomic E-state index is 5.97. The molecule has 0 radical (unpaired) electrons. The summed E-state index contributed by atoms with van der Waals surface area (Å²) in [5.41, 5.74) is 16.5. The molecule has 0 aromatic heterocycles. The number of anilines is 2. The third kappa shape index (κ3) is 5.63. The van der Waals surface area contributed by atoms with Crippen molar-refractivity contribution in [2.75, 3.05) is 11.5 Å². The summed E-state index contributed by atoms with van der Waals surface area (Å²) in [4.78, 5) is 0. The van der Waals surface area contributed by atoms with Gasteiger partial charge in [-0.05, 0) is 71.7 Å². The average molecular weight is 435 g/mol. The Hall–Kier alpha value is -4.44. The molecule has 4 rings (SSSR count). The number of allylic oxidation sites excluding steroid dienone is 2. The monoisotopic (exact) mass is 434 g/mol. The van der Waals surface area contributed by atoms with Crippen molar-refractivity contribution in [3.05, 3.63) is 121 Å². The first-order valence-electron chi connectivity index (χ1n) is 10.7. The van der Waals surface area contributed by atoms with E-state index in [1.165, 1.54) is 0 Å². The van der Waals surface area contributed by atoms with Gasteiger partial charge in [0.1, 0.15) is 23.0 Å². The molecule has 164 valence electrons. The number of hydrogen-bond acceptors (Lipinski definition) is 4. The molecule has 0 unspecified atom stereocenters. The molecule has 0 saturated heterocycles. The number of para-hydroxylation sites is 4. The van der Waals surface area contributed by atoms with Gasteiger partial charge in [0, 0.05) is 0 Å². The van der Waals surface area contributed by atoms with E-state index in [0.717, 1.165) is 34.6 Å². The first kappa shape index (κ1) is 21.8. The molecule has 4 N–H and O–H groups in total. The Balaban J connectivity index is 1.50. The van der Waals surface area contributed by atoms with Crippen molar-refractivity contribution in [2.24, 2.45) is 0 Å². The Morgan fingerprint density at radius 2 is 1.15 bits per heavy atom. The van der Waals surface area contributed by atoms with E-state index in [9.17, 15) is 0 Å². The predicted molar refractivity (Wildman–Crippen MR) is 137 cm³/mol. The van der Waals surface area contributed by atoms with Crippen LogP contribution < -0.4 is 20.9 Å². The van der Waals surface area contributed by atoms with Crippen LogP contribution in [0.5, 0.6) is 23.0 Å². The van der Waals surface area contributed by atoms with Gasteiger partial charge in [-0.25, -0.2) is 0 Å². The zero-order valence-corrected chi connectivity index (χ0v) is 18.3. The topological polar surface area (TPSA) is 70.5 Å². The first-order valence-corrected chi connectivity index (χ1v) is 10.7. The average Bonchev–Trinajstić information content (AvgIpc) is 2.83. The van der Waals surface area contributed by atoms with E-state index < -0.39 is 0 Å². The van der Waals surface area contributed by atoms with Gasteiger partial charge in [0.15, 0.2) is 0 Å². The summed E-state index contributed by atoms with van der Waals surface area (Å²) in [5.74, 6) is 2.76. The van der Waals surface area contributed by atoms with E-state index in [-0.39, 0.29) is 0 Å². The number of nitrogens with two attached hydrogens (primary N) is 2. The summed E-state index contributed by atoms with van der Waals surface area (Å²) in [6.07, 6.45) is 4.79. The van der Waals surface area contributed by atoms with Crippen molar-refractivity contribution >= 4 is 23.0 Å². The minimum Gasteiger partial charge on any atom is -0.455 e. The van der Waals surface area contributed by atoms with Crippen LogP contribution in [0, 0.1) is 0 Å². The maximum Gasteiger partial charge on any atom is 0.150 e. The molecule has 0 saturated carbocycles. The van der Waals surface area contributed by atoms with Crippen LogP contribution in [0.2, 0.25) is 0 Å². The number of ether oxygens (including phenoxy) is 2. The van der Waals surface area contributed by atoms with Crippen LogP contribution in [0.3, 0.4) is 0 Å².